The predicted octanol–water partition coefficient (Wildman–Crippen LogP) is 1.96. The molecule has 0 aliphatic rings. The van der Waals surface area contributed by atoms with E-state index in [1.807, 2.05) is 19.0 Å². The molecule has 0 atom stereocenters. The Hall–Kier alpha value is -1.62. The fourth-order valence-corrected chi connectivity index (χ4v) is 1.31. The molecule has 1 rings (SSSR count). The Morgan fingerprint density at radius 1 is 1.47 bits per heavy atom. The van der Waals surface area contributed by atoms with Crippen molar-refractivity contribution in [3.63, 3.8) is 0 Å². The van der Waals surface area contributed by atoms with Gasteiger partial charge in [-0.15, -0.1) is 0 Å². The van der Waals surface area contributed by atoms with Gasteiger partial charge < -0.3 is 14.8 Å². The van der Waals surface area contributed by atoms with Crippen LogP contribution in [0.1, 0.15) is 12.5 Å². The maximum absolute atomic E-state index is 13.1. The van der Waals surface area contributed by atoms with Gasteiger partial charge in [0.15, 0.2) is 0 Å². The van der Waals surface area contributed by atoms with Crippen molar-refractivity contribution in [3.8, 4) is 5.75 Å². The molecule has 1 N–H and O–H groups in total. The molecule has 94 valence electrons. The number of hydrogen-bond donors (Lipinski definition) is 1. The number of nitrogens with zero attached hydrogens (tertiary/aromatic N) is 2. The van der Waals surface area contributed by atoms with Gasteiger partial charge in [0, 0.05) is 18.2 Å². The second-order valence-corrected chi connectivity index (χ2v) is 3.98. The van der Waals surface area contributed by atoms with Gasteiger partial charge >= 0.3 is 0 Å². The number of hydrogen-bond acceptors (Lipinski definition) is 4. The van der Waals surface area contributed by atoms with Crippen molar-refractivity contribution in [2.75, 3.05) is 27.2 Å². The Kier molecular flexibility index (Phi) is 4.90. The molecule has 17 heavy (non-hydrogen) atoms. The average molecular weight is 240 g/mol. The summed E-state index contributed by atoms with van der Waals surface area (Å²) < 4.78 is 18.6. The third-order valence-corrected chi connectivity index (χ3v) is 2.28. The minimum absolute atomic E-state index is 0.376. The number of halogens is 1. The highest BCUT2D eigenvalue weighted by Crippen LogP contribution is 2.20. The van der Waals surface area contributed by atoms with Crippen molar-refractivity contribution < 1.29 is 14.3 Å². The van der Waals surface area contributed by atoms with Crippen molar-refractivity contribution in [3.05, 3.63) is 29.6 Å². The topological polar surface area (TPSA) is 45.1 Å². The Bertz CT molecular complexity index is 405. The van der Waals surface area contributed by atoms with Gasteiger partial charge in [-0.25, -0.2) is 4.39 Å². The SMILES string of the molecule is CC(=NO)c1ccc(F)cc1OCCN(C)C. The van der Waals surface area contributed by atoms with E-state index in [0.717, 1.165) is 6.54 Å². The van der Waals surface area contributed by atoms with Crippen LogP contribution in [0.4, 0.5) is 4.39 Å². The van der Waals surface area contributed by atoms with E-state index in [4.69, 9.17) is 9.94 Å². The summed E-state index contributed by atoms with van der Waals surface area (Å²) in [6, 6.07) is 4.14. The number of oxime groups is 1. The van der Waals surface area contributed by atoms with Crippen LogP contribution in [0, 0.1) is 5.82 Å². The molecule has 5 heteroatoms. The summed E-state index contributed by atoms with van der Waals surface area (Å²) in [6.07, 6.45) is 0. The van der Waals surface area contributed by atoms with E-state index < -0.39 is 0 Å². The molecular weight excluding hydrogens is 223 g/mol. The Balaban J connectivity index is 2.84. The van der Waals surface area contributed by atoms with Gasteiger partial charge in [-0.2, -0.15) is 0 Å². The lowest BCUT2D eigenvalue weighted by atomic mass is 10.1. The first kappa shape index (κ1) is 13.4. The minimum atomic E-state index is -0.376. The van der Waals surface area contributed by atoms with E-state index in [1.54, 1.807) is 6.92 Å². The highest BCUT2D eigenvalue weighted by Gasteiger charge is 2.09. The lowest BCUT2D eigenvalue weighted by Gasteiger charge is -2.13. The van der Waals surface area contributed by atoms with Crippen molar-refractivity contribution in [1.82, 2.24) is 4.90 Å². The summed E-state index contributed by atoms with van der Waals surface area (Å²) >= 11 is 0. The lowest BCUT2D eigenvalue weighted by molar-refractivity contribution is 0.260. The third kappa shape index (κ3) is 4.03. The summed E-state index contributed by atoms with van der Waals surface area (Å²) in [5.41, 5.74) is 0.984. The minimum Gasteiger partial charge on any atom is -0.491 e. The van der Waals surface area contributed by atoms with Crippen LogP contribution in [-0.4, -0.2) is 43.1 Å². The molecular formula is C12H17FN2O2. The Labute approximate surface area is 100 Å². The quantitative estimate of drug-likeness (QED) is 0.486. The zero-order valence-corrected chi connectivity index (χ0v) is 10.3. The highest BCUT2D eigenvalue weighted by atomic mass is 19.1. The zero-order chi connectivity index (χ0) is 12.8. The van der Waals surface area contributed by atoms with Crippen LogP contribution in [0.3, 0.4) is 0 Å². The van der Waals surface area contributed by atoms with E-state index in [0.29, 0.717) is 23.6 Å². The van der Waals surface area contributed by atoms with E-state index in [1.165, 1.54) is 18.2 Å². The largest absolute Gasteiger partial charge is 0.491 e. The van der Waals surface area contributed by atoms with Crippen LogP contribution in [0.25, 0.3) is 0 Å². The summed E-state index contributed by atoms with van der Waals surface area (Å²) in [4.78, 5) is 1.96. The number of likely N-dealkylation sites (N-methyl/N-ethyl adjacent to an activating group) is 1. The molecule has 0 spiro atoms. The second-order valence-electron chi connectivity index (χ2n) is 3.98. The monoisotopic (exact) mass is 240 g/mol. The van der Waals surface area contributed by atoms with E-state index >= 15 is 0 Å². The van der Waals surface area contributed by atoms with E-state index in [9.17, 15) is 4.39 Å². The Morgan fingerprint density at radius 2 is 2.18 bits per heavy atom. The number of ether oxygens (including phenoxy) is 1. The summed E-state index contributed by atoms with van der Waals surface area (Å²) in [7, 11) is 3.85. The fourth-order valence-electron chi connectivity index (χ4n) is 1.31. The molecule has 0 radical (unpaired) electrons. The van der Waals surface area contributed by atoms with Crippen LogP contribution >= 0.6 is 0 Å². The van der Waals surface area contributed by atoms with Gasteiger partial charge in [0.25, 0.3) is 0 Å². The first-order chi connectivity index (χ1) is 8.04. The Morgan fingerprint density at radius 3 is 2.76 bits per heavy atom. The van der Waals surface area contributed by atoms with Crippen LogP contribution < -0.4 is 4.74 Å². The van der Waals surface area contributed by atoms with Gasteiger partial charge in [0.2, 0.25) is 0 Å². The number of benzene rings is 1. The second kappa shape index (κ2) is 6.20. The molecule has 0 bridgehead atoms. The third-order valence-electron chi connectivity index (χ3n) is 2.28. The van der Waals surface area contributed by atoms with Gasteiger partial charge in [-0.3, -0.25) is 0 Å². The maximum Gasteiger partial charge on any atom is 0.131 e. The van der Waals surface area contributed by atoms with Crippen LogP contribution in [0.2, 0.25) is 0 Å². The van der Waals surface area contributed by atoms with E-state index in [-0.39, 0.29) is 5.82 Å². The van der Waals surface area contributed by atoms with Gasteiger partial charge in [0.1, 0.15) is 18.2 Å². The first-order valence-corrected chi connectivity index (χ1v) is 5.30. The maximum atomic E-state index is 13.1. The lowest BCUT2D eigenvalue weighted by Crippen LogP contribution is -2.20. The molecule has 0 saturated carbocycles. The van der Waals surface area contributed by atoms with Crippen LogP contribution in [-0.2, 0) is 0 Å². The first-order valence-electron chi connectivity index (χ1n) is 5.30. The molecule has 4 nitrogen and oxygen atoms in total. The van der Waals surface area contributed by atoms with Crippen LogP contribution in [0.5, 0.6) is 5.75 Å². The van der Waals surface area contributed by atoms with Crippen LogP contribution in [0.15, 0.2) is 23.4 Å². The standard InChI is InChI=1S/C12H17FN2O2/c1-9(14-16)11-5-4-10(13)8-12(11)17-7-6-15(2)3/h4-5,8,16H,6-7H2,1-3H3. The zero-order valence-electron chi connectivity index (χ0n) is 10.3. The molecule has 0 aliphatic heterocycles. The fraction of sp³-hybridized carbons (Fsp3) is 0.417. The van der Waals surface area contributed by atoms with Crippen molar-refractivity contribution in [2.45, 2.75) is 6.92 Å². The molecule has 0 fully saturated rings. The van der Waals surface area contributed by atoms with Gasteiger partial charge in [-0.05, 0) is 33.2 Å². The molecule has 0 amide bonds. The molecule has 0 aliphatic carbocycles. The molecule has 0 aromatic heterocycles. The predicted molar refractivity (Wildman–Crippen MR) is 64.4 cm³/mol. The molecule has 1 aromatic rings. The summed E-state index contributed by atoms with van der Waals surface area (Å²) in [5, 5.41) is 11.8. The highest BCUT2D eigenvalue weighted by molar-refractivity contribution is 6.00. The van der Waals surface area contributed by atoms with Crippen molar-refractivity contribution in [1.29, 1.82) is 0 Å². The summed E-state index contributed by atoms with van der Waals surface area (Å²) in [5.74, 6) is 0.0153. The molecule has 0 unspecified atom stereocenters. The van der Waals surface area contributed by atoms with Crippen molar-refractivity contribution in [2.24, 2.45) is 5.16 Å². The van der Waals surface area contributed by atoms with E-state index in [2.05, 4.69) is 5.16 Å². The molecule has 0 saturated heterocycles. The normalized spacial score (nSPS) is 11.9. The average Bonchev–Trinajstić information content (AvgIpc) is 2.28. The summed E-state index contributed by atoms with van der Waals surface area (Å²) in [6.45, 7) is 2.81. The van der Waals surface area contributed by atoms with Crippen molar-refractivity contribution >= 4 is 5.71 Å². The molecule has 0 heterocycles. The smallest absolute Gasteiger partial charge is 0.131 e. The van der Waals surface area contributed by atoms with Gasteiger partial charge in [0.05, 0.1) is 5.71 Å². The molecule has 1 aromatic carbocycles. The van der Waals surface area contributed by atoms with Gasteiger partial charge in [-0.1, -0.05) is 5.16 Å². The number of rotatable bonds is 5.